The summed E-state index contributed by atoms with van der Waals surface area (Å²) in [4.78, 5) is 42.6. The highest BCUT2D eigenvalue weighted by molar-refractivity contribution is 8.02. The second-order valence-electron chi connectivity index (χ2n) is 9.95. The fourth-order valence-corrected chi connectivity index (χ4v) is 8.43. The van der Waals surface area contributed by atoms with Crippen molar-refractivity contribution >= 4 is 29.5 Å². The van der Waals surface area contributed by atoms with Gasteiger partial charge in [0.1, 0.15) is 6.04 Å². The third-order valence-corrected chi connectivity index (χ3v) is 9.74. The lowest BCUT2D eigenvalue weighted by atomic mass is 9.70. The molecule has 0 aromatic heterocycles. The summed E-state index contributed by atoms with van der Waals surface area (Å²) in [5, 5.41) is 16.3. The maximum atomic E-state index is 13.9. The van der Waals surface area contributed by atoms with Crippen molar-refractivity contribution in [1.82, 2.24) is 15.5 Å². The zero-order valence-corrected chi connectivity index (χ0v) is 21.1. The predicted molar refractivity (Wildman–Crippen MR) is 133 cm³/mol. The lowest BCUT2D eigenvalue weighted by Gasteiger charge is -2.37. The molecule has 8 heteroatoms. The summed E-state index contributed by atoms with van der Waals surface area (Å²) in [6, 6.07) is 8.64. The van der Waals surface area contributed by atoms with E-state index in [9.17, 15) is 19.5 Å². The molecule has 1 aromatic rings. The Morgan fingerprint density at radius 2 is 1.97 bits per heavy atom. The molecule has 3 saturated heterocycles. The molecule has 0 aliphatic carbocycles. The summed E-state index contributed by atoms with van der Waals surface area (Å²) in [7, 11) is 0. The van der Waals surface area contributed by atoms with Crippen molar-refractivity contribution in [1.29, 1.82) is 0 Å². The molecule has 34 heavy (non-hydrogen) atoms. The number of aliphatic hydroxyl groups is 1. The molecule has 3 N–H and O–H groups in total. The van der Waals surface area contributed by atoms with Crippen molar-refractivity contribution in [3.63, 3.8) is 0 Å². The lowest BCUT2D eigenvalue weighted by molar-refractivity contribution is -0.143. The number of thioether (sulfide) groups is 1. The van der Waals surface area contributed by atoms with E-state index >= 15 is 0 Å². The second kappa shape index (κ2) is 10.3. The van der Waals surface area contributed by atoms with Gasteiger partial charge in [-0.25, -0.2) is 0 Å². The van der Waals surface area contributed by atoms with Gasteiger partial charge in [-0.05, 0) is 38.2 Å². The van der Waals surface area contributed by atoms with E-state index in [1.54, 1.807) is 16.7 Å². The quantitative estimate of drug-likeness (QED) is 0.471. The van der Waals surface area contributed by atoms with Crippen LogP contribution < -0.4 is 10.6 Å². The molecule has 3 fully saturated rings. The summed E-state index contributed by atoms with van der Waals surface area (Å²) in [6.45, 7) is 6.20. The number of hydrogen-bond donors (Lipinski definition) is 3. The van der Waals surface area contributed by atoms with Gasteiger partial charge in [-0.2, -0.15) is 0 Å². The molecule has 1 spiro atoms. The summed E-state index contributed by atoms with van der Waals surface area (Å²) in [6.07, 6.45) is 3.92. The predicted octanol–water partition coefficient (Wildman–Crippen LogP) is 2.47. The molecule has 186 valence electrons. The zero-order chi connectivity index (χ0) is 24.5. The first kappa shape index (κ1) is 25.0. The minimum absolute atomic E-state index is 0.00711. The van der Waals surface area contributed by atoms with Gasteiger partial charge in [0.2, 0.25) is 17.7 Å². The number of nitrogens with one attached hydrogen (secondary N) is 2. The molecule has 0 radical (unpaired) electrons. The van der Waals surface area contributed by atoms with Crippen LogP contribution in [0.25, 0.3) is 0 Å². The first-order valence-electron chi connectivity index (χ1n) is 12.6. The lowest BCUT2D eigenvalue weighted by Crippen LogP contribution is -2.57. The molecule has 0 saturated carbocycles. The van der Waals surface area contributed by atoms with Crippen LogP contribution in [0.4, 0.5) is 0 Å². The van der Waals surface area contributed by atoms with Gasteiger partial charge in [0.05, 0.1) is 29.2 Å². The molecule has 3 heterocycles. The largest absolute Gasteiger partial charge is 0.394 e. The van der Waals surface area contributed by atoms with Crippen LogP contribution in [0.15, 0.2) is 30.3 Å². The van der Waals surface area contributed by atoms with E-state index in [-0.39, 0.29) is 35.6 Å². The summed E-state index contributed by atoms with van der Waals surface area (Å²) < 4.78 is -0.616. The van der Waals surface area contributed by atoms with Gasteiger partial charge in [0.15, 0.2) is 0 Å². The number of hydrogen-bond acceptors (Lipinski definition) is 5. The topological polar surface area (TPSA) is 98.7 Å². The molecule has 3 unspecified atom stereocenters. The molecular formula is C26H37N3O4S. The first-order chi connectivity index (χ1) is 16.4. The summed E-state index contributed by atoms with van der Waals surface area (Å²) >= 11 is 1.66. The summed E-state index contributed by atoms with van der Waals surface area (Å²) in [5.74, 6) is -1.41. The number of carbonyl (C=O) groups excluding carboxylic acids is 3. The fourth-order valence-electron chi connectivity index (χ4n) is 6.23. The number of rotatable bonds is 10. The fraction of sp³-hybridized carbons (Fsp3) is 0.654. The van der Waals surface area contributed by atoms with Crippen molar-refractivity contribution in [2.24, 2.45) is 11.8 Å². The minimum atomic E-state index is -0.664. The van der Waals surface area contributed by atoms with Crippen molar-refractivity contribution in [3.8, 4) is 0 Å². The van der Waals surface area contributed by atoms with Crippen LogP contribution in [0.5, 0.6) is 0 Å². The van der Waals surface area contributed by atoms with Gasteiger partial charge in [-0.3, -0.25) is 14.4 Å². The molecule has 3 aliphatic rings. The van der Waals surface area contributed by atoms with E-state index in [0.29, 0.717) is 13.0 Å². The van der Waals surface area contributed by atoms with E-state index in [0.717, 1.165) is 31.2 Å². The zero-order valence-electron chi connectivity index (χ0n) is 20.3. The Bertz CT molecular complexity index is 909. The third-order valence-electron chi connectivity index (χ3n) is 7.78. The maximum absolute atomic E-state index is 13.9. The van der Waals surface area contributed by atoms with E-state index < -0.39 is 28.7 Å². The average Bonchev–Trinajstić information content (AvgIpc) is 3.47. The highest BCUT2D eigenvalue weighted by Crippen LogP contribution is 2.66. The van der Waals surface area contributed by atoms with Crippen molar-refractivity contribution < 1.29 is 19.5 Å². The monoisotopic (exact) mass is 487 g/mol. The Balaban J connectivity index is 1.62. The van der Waals surface area contributed by atoms with Crippen molar-refractivity contribution in [2.75, 3.05) is 6.61 Å². The maximum Gasteiger partial charge on any atom is 0.244 e. The van der Waals surface area contributed by atoms with E-state index in [1.165, 1.54) is 0 Å². The van der Waals surface area contributed by atoms with Gasteiger partial charge in [-0.1, -0.05) is 50.6 Å². The molecule has 3 aliphatic heterocycles. The number of nitrogens with zero attached hydrogens (tertiary/aromatic N) is 1. The van der Waals surface area contributed by atoms with Crippen LogP contribution in [0.1, 0.15) is 58.4 Å². The van der Waals surface area contributed by atoms with Crippen LogP contribution in [0, 0.1) is 11.8 Å². The van der Waals surface area contributed by atoms with Gasteiger partial charge in [-0.15, -0.1) is 11.8 Å². The normalized spacial score (nSPS) is 31.3. The van der Waals surface area contributed by atoms with Crippen LogP contribution in [-0.2, 0) is 20.9 Å². The van der Waals surface area contributed by atoms with Gasteiger partial charge < -0.3 is 20.6 Å². The smallest absolute Gasteiger partial charge is 0.244 e. The highest BCUT2D eigenvalue weighted by atomic mass is 32.2. The molecule has 4 rings (SSSR count). The molecule has 7 atom stereocenters. The Morgan fingerprint density at radius 1 is 1.24 bits per heavy atom. The second-order valence-corrected chi connectivity index (χ2v) is 11.5. The molecule has 1 aromatic carbocycles. The van der Waals surface area contributed by atoms with Crippen LogP contribution >= 0.6 is 11.8 Å². The molecule has 2 bridgehead atoms. The number of aliphatic hydroxyl groups excluding tert-OH is 1. The Morgan fingerprint density at radius 3 is 2.62 bits per heavy atom. The van der Waals surface area contributed by atoms with Crippen molar-refractivity contribution in [3.05, 3.63) is 35.9 Å². The highest BCUT2D eigenvalue weighted by Gasteiger charge is 2.74. The van der Waals surface area contributed by atoms with Crippen LogP contribution in [0.3, 0.4) is 0 Å². The number of benzene rings is 1. The Kier molecular flexibility index (Phi) is 7.57. The third kappa shape index (κ3) is 4.24. The van der Waals surface area contributed by atoms with E-state index in [1.807, 2.05) is 44.2 Å². The Labute approximate surface area is 206 Å². The summed E-state index contributed by atoms with van der Waals surface area (Å²) in [5.41, 5.74) is 1.01. The average molecular weight is 488 g/mol. The molecule has 3 amide bonds. The standard InChI is InChI=1S/C26H37N3O4S/c1-4-9-16(3)28-24(32)22-26-13-12-19(34-26)20(21(26)25(33)29(22)18(5-2)15-30)23(31)27-14-17-10-7-6-8-11-17/h6-8,10-11,16,18-22,30H,4-5,9,12-15H2,1-3H3,(H,27,31)(H,28,32)/t16?,18-,19-,20+,21-,22?,26?/m0/s1. The molecular weight excluding hydrogens is 450 g/mol. The van der Waals surface area contributed by atoms with E-state index in [4.69, 9.17) is 0 Å². The van der Waals surface area contributed by atoms with E-state index in [2.05, 4.69) is 17.6 Å². The number of likely N-dealkylation sites (tertiary alicyclic amines) is 1. The Hall–Kier alpha value is -2.06. The van der Waals surface area contributed by atoms with Crippen molar-refractivity contribution in [2.45, 2.75) is 87.5 Å². The SMILES string of the molecule is CCCC(C)NC(=O)C1N([C@@H](CC)CO)C(=O)[C@@H]2[C@H](C(=O)NCc3ccccc3)[C@@H]3CCC12S3. The number of carbonyl (C=O) groups is 3. The van der Waals surface area contributed by atoms with Gasteiger partial charge in [0, 0.05) is 17.8 Å². The minimum Gasteiger partial charge on any atom is -0.394 e. The number of amides is 3. The van der Waals surface area contributed by atoms with Crippen LogP contribution in [-0.4, -0.2) is 62.5 Å². The van der Waals surface area contributed by atoms with Crippen LogP contribution in [0.2, 0.25) is 0 Å². The first-order valence-corrected chi connectivity index (χ1v) is 13.5. The van der Waals surface area contributed by atoms with Gasteiger partial charge >= 0.3 is 0 Å². The number of fused-ring (bicyclic) bond motifs is 1. The molecule has 7 nitrogen and oxygen atoms in total. The van der Waals surface area contributed by atoms with Gasteiger partial charge in [0.25, 0.3) is 0 Å².